The number of aryl methyl sites for hydroxylation is 1. The first-order valence-electron chi connectivity index (χ1n) is 6.16. The summed E-state index contributed by atoms with van der Waals surface area (Å²) in [6.45, 7) is 4.38. The van der Waals surface area contributed by atoms with Crippen LogP contribution in [-0.4, -0.2) is 14.1 Å². The molecule has 0 aliphatic rings. The van der Waals surface area contributed by atoms with Gasteiger partial charge in [-0.3, -0.25) is 0 Å². The van der Waals surface area contributed by atoms with E-state index in [1.807, 2.05) is 11.3 Å². The summed E-state index contributed by atoms with van der Waals surface area (Å²) in [6.07, 6.45) is 0. The third-order valence-corrected chi connectivity index (χ3v) is 4.25. The van der Waals surface area contributed by atoms with E-state index < -0.39 is 0 Å². The van der Waals surface area contributed by atoms with Crippen LogP contribution in [0.25, 0.3) is 0 Å². The van der Waals surface area contributed by atoms with Crippen LogP contribution in [0.15, 0.2) is 35.7 Å². The zero-order valence-electron chi connectivity index (χ0n) is 11.4. The minimum Gasteiger partial charge on any atom is -0.376 e. The molecule has 0 saturated heterocycles. The summed E-state index contributed by atoms with van der Waals surface area (Å²) >= 11 is 1.82. The standard InChI is InChI=1S/C15H20N2S/c1-11-9-10-18-15(11)12(2)16-13-7-5-6-8-14(13)17(3)4/h5-10,12,16H,1-4H3. The van der Waals surface area contributed by atoms with Crippen molar-refractivity contribution >= 4 is 22.7 Å². The van der Waals surface area contributed by atoms with Crippen LogP contribution in [0.4, 0.5) is 11.4 Å². The van der Waals surface area contributed by atoms with Gasteiger partial charge in [-0.05, 0) is 43.0 Å². The highest BCUT2D eigenvalue weighted by Crippen LogP contribution is 2.30. The first-order chi connectivity index (χ1) is 8.59. The van der Waals surface area contributed by atoms with E-state index in [0.717, 1.165) is 0 Å². The Balaban J connectivity index is 2.22. The van der Waals surface area contributed by atoms with E-state index in [-0.39, 0.29) is 0 Å². The lowest BCUT2D eigenvalue weighted by molar-refractivity contribution is 0.897. The molecule has 0 fully saturated rings. The Labute approximate surface area is 113 Å². The van der Waals surface area contributed by atoms with Gasteiger partial charge in [-0.1, -0.05) is 12.1 Å². The zero-order chi connectivity index (χ0) is 13.1. The molecule has 2 rings (SSSR count). The normalized spacial score (nSPS) is 12.2. The molecule has 1 aromatic carbocycles. The molecule has 3 heteroatoms. The van der Waals surface area contributed by atoms with Gasteiger partial charge in [-0.15, -0.1) is 11.3 Å². The summed E-state index contributed by atoms with van der Waals surface area (Å²) in [6, 6.07) is 10.9. The summed E-state index contributed by atoms with van der Waals surface area (Å²) in [5.74, 6) is 0. The van der Waals surface area contributed by atoms with Crippen LogP contribution in [0.3, 0.4) is 0 Å². The SMILES string of the molecule is Cc1ccsc1C(C)Nc1ccccc1N(C)C. The highest BCUT2D eigenvalue weighted by Gasteiger charge is 2.11. The number of para-hydroxylation sites is 2. The second kappa shape index (κ2) is 5.44. The number of benzene rings is 1. The Bertz CT molecular complexity index is 517. The third-order valence-electron chi connectivity index (χ3n) is 3.05. The van der Waals surface area contributed by atoms with Crippen molar-refractivity contribution in [2.45, 2.75) is 19.9 Å². The van der Waals surface area contributed by atoms with Crippen LogP contribution >= 0.6 is 11.3 Å². The van der Waals surface area contributed by atoms with Crippen LogP contribution in [0, 0.1) is 6.92 Å². The first-order valence-corrected chi connectivity index (χ1v) is 7.04. The average molecular weight is 260 g/mol. The molecule has 96 valence electrons. The lowest BCUT2D eigenvalue weighted by Gasteiger charge is -2.21. The van der Waals surface area contributed by atoms with Crippen LogP contribution < -0.4 is 10.2 Å². The fraction of sp³-hybridized carbons (Fsp3) is 0.333. The topological polar surface area (TPSA) is 15.3 Å². The van der Waals surface area contributed by atoms with Crippen molar-refractivity contribution in [1.82, 2.24) is 0 Å². The number of anilines is 2. The smallest absolute Gasteiger partial charge is 0.0596 e. The summed E-state index contributed by atoms with van der Waals surface area (Å²) in [7, 11) is 4.14. The van der Waals surface area contributed by atoms with Crippen molar-refractivity contribution in [1.29, 1.82) is 0 Å². The van der Waals surface area contributed by atoms with Gasteiger partial charge in [0.05, 0.1) is 17.4 Å². The fourth-order valence-electron chi connectivity index (χ4n) is 2.11. The number of nitrogens with one attached hydrogen (secondary N) is 1. The Kier molecular flexibility index (Phi) is 3.92. The van der Waals surface area contributed by atoms with Crippen molar-refractivity contribution in [2.75, 3.05) is 24.3 Å². The minimum absolute atomic E-state index is 0.339. The Morgan fingerprint density at radius 2 is 1.89 bits per heavy atom. The lowest BCUT2D eigenvalue weighted by Crippen LogP contribution is -2.13. The molecule has 0 amide bonds. The number of hydrogen-bond acceptors (Lipinski definition) is 3. The van der Waals surface area contributed by atoms with Gasteiger partial charge in [-0.2, -0.15) is 0 Å². The minimum atomic E-state index is 0.339. The van der Waals surface area contributed by atoms with Crippen molar-refractivity contribution in [3.63, 3.8) is 0 Å². The number of nitrogens with zero attached hydrogens (tertiary/aromatic N) is 1. The molecule has 0 aliphatic carbocycles. The molecular formula is C15H20N2S. The number of thiophene rings is 1. The van der Waals surface area contributed by atoms with E-state index >= 15 is 0 Å². The maximum absolute atomic E-state index is 3.60. The lowest BCUT2D eigenvalue weighted by atomic mass is 10.1. The van der Waals surface area contributed by atoms with E-state index in [9.17, 15) is 0 Å². The first kappa shape index (κ1) is 13.0. The van der Waals surface area contributed by atoms with Gasteiger partial charge < -0.3 is 10.2 Å². The van der Waals surface area contributed by atoms with Crippen molar-refractivity contribution in [3.05, 3.63) is 46.2 Å². The molecule has 18 heavy (non-hydrogen) atoms. The molecule has 1 heterocycles. The Morgan fingerprint density at radius 3 is 2.50 bits per heavy atom. The Hall–Kier alpha value is -1.48. The van der Waals surface area contributed by atoms with E-state index in [0.29, 0.717) is 6.04 Å². The maximum atomic E-state index is 3.60. The molecule has 0 aliphatic heterocycles. The van der Waals surface area contributed by atoms with Gasteiger partial charge in [-0.25, -0.2) is 0 Å². The monoisotopic (exact) mass is 260 g/mol. The van der Waals surface area contributed by atoms with Crippen LogP contribution in [0.2, 0.25) is 0 Å². The Morgan fingerprint density at radius 1 is 1.17 bits per heavy atom. The number of rotatable bonds is 4. The second-order valence-electron chi connectivity index (χ2n) is 4.75. The van der Waals surface area contributed by atoms with E-state index in [2.05, 4.69) is 73.9 Å². The molecule has 2 nitrogen and oxygen atoms in total. The van der Waals surface area contributed by atoms with Crippen molar-refractivity contribution in [2.24, 2.45) is 0 Å². The van der Waals surface area contributed by atoms with Gasteiger partial charge in [0.15, 0.2) is 0 Å². The predicted octanol–water partition coefficient (Wildman–Crippen LogP) is 4.30. The van der Waals surface area contributed by atoms with Crippen molar-refractivity contribution in [3.8, 4) is 0 Å². The molecule has 1 unspecified atom stereocenters. The molecule has 2 aromatic rings. The van der Waals surface area contributed by atoms with Crippen LogP contribution in [0.1, 0.15) is 23.4 Å². The molecule has 0 saturated carbocycles. The van der Waals surface area contributed by atoms with Crippen LogP contribution in [-0.2, 0) is 0 Å². The molecule has 1 N–H and O–H groups in total. The quantitative estimate of drug-likeness (QED) is 0.882. The van der Waals surface area contributed by atoms with Gasteiger partial charge in [0.25, 0.3) is 0 Å². The highest BCUT2D eigenvalue weighted by atomic mass is 32.1. The predicted molar refractivity (Wildman–Crippen MR) is 81.9 cm³/mol. The van der Waals surface area contributed by atoms with Gasteiger partial charge in [0, 0.05) is 19.0 Å². The molecule has 0 radical (unpaired) electrons. The maximum Gasteiger partial charge on any atom is 0.0596 e. The fourth-order valence-corrected chi connectivity index (χ4v) is 3.05. The summed E-state index contributed by atoms with van der Waals surface area (Å²) < 4.78 is 0. The highest BCUT2D eigenvalue weighted by molar-refractivity contribution is 7.10. The van der Waals surface area contributed by atoms with Gasteiger partial charge in [0.1, 0.15) is 0 Å². The summed E-state index contributed by atoms with van der Waals surface area (Å²) in [5.41, 5.74) is 3.77. The zero-order valence-corrected chi connectivity index (χ0v) is 12.2. The largest absolute Gasteiger partial charge is 0.376 e. The summed E-state index contributed by atoms with van der Waals surface area (Å²) in [4.78, 5) is 3.54. The molecule has 1 aromatic heterocycles. The van der Waals surface area contributed by atoms with Crippen LogP contribution in [0.5, 0.6) is 0 Å². The molecule has 0 bridgehead atoms. The molecular weight excluding hydrogens is 240 g/mol. The van der Waals surface area contributed by atoms with Gasteiger partial charge in [0.2, 0.25) is 0 Å². The summed E-state index contributed by atoms with van der Waals surface area (Å²) in [5, 5.41) is 5.76. The van der Waals surface area contributed by atoms with Crippen molar-refractivity contribution < 1.29 is 0 Å². The average Bonchev–Trinajstić information content (AvgIpc) is 2.76. The number of hydrogen-bond donors (Lipinski definition) is 1. The van der Waals surface area contributed by atoms with Gasteiger partial charge >= 0.3 is 0 Å². The third kappa shape index (κ3) is 2.67. The van der Waals surface area contributed by atoms with E-state index in [1.165, 1.54) is 21.8 Å². The molecule has 0 spiro atoms. The second-order valence-corrected chi connectivity index (χ2v) is 5.69. The van der Waals surface area contributed by atoms with E-state index in [4.69, 9.17) is 0 Å². The van der Waals surface area contributed by atoms with E-state index in [1.54, 1.807) is 0 Å². The molecule has 1 atom stereocenters.